The van der Waals surface area contributed by atoms with E-state index in [1.54, 1.807) is 4.68 Å². The van der Waals surface area contributed by atoms with E-state index in [9.17, 15) is 4.79 Å². The van der Waals surface area contributed by atoms with E-state index in [4.69, 9.17) is 12.2 Å². The number of hydrogen-bond donors (Lipinski definition) is 0. The van der Waals surface area contributed by atoms with Crippen LogP contribution in [0.3, 0.4) is 0 Å². The smallest absolute Gasteiger partial charge is 0.184 e. The van der Waals surface area contributed by atoms with E-state index < -0.39 is 0 Å². The summed E-state index contributed by atoms with van der Waals surface area (Å²) in [6, 6.07) is 17.4. The van der Waals surface area contributed by atoms with E-state index in [1.807, 2.05) is 68.4 Å². The molecule has 3 rings (SSSR count). The standard InChI is InChI=1S/C18H16N2OS3/c1-12-8-10-14(11-9-12)16(21)13(2)23-17-19-20(18(22)24-17)15-6-4-3-5-7-15/h3-11,13H,1-2H3/t13-/m0/s1. The Balaban J connectivity index is 1.78. The van der Waals surface area contributed by atoms with Crippen LogP contribution in [0.25, 0.3) is 5.69 Å². The molecule has 0 fully saturated rings. The first-order valence-corrected chi connectivity index (χ1v) is 9.58. The van der Waals surface area contributed by atoms with Crippen molar-refractivity contribution in [1.29, 1.82) is 0 Å². The van der Waals surface area contributed by atoms with Gasteiger partial charge in [-0.25, -0.2) is 4.68 Å². The van der Waals surface area contributed by atoms with Gasteiger partial charge in [0.25, 0.3) is 0 Å². The number of carbonyl (C=O) groups excluding carboxylic acids is 1. The second kappa shape index (κ2) is 7.42. The Morgan fingerprint density at radius 2 is 1.83 bits per heavy atom. The first-order valence-electron chi connectivity index (χ1n) is 7.48. The van der Waals surface area contributed by atoms with E-state index in [0.29, 0.717) is 3.95 Å². The van der Waals surface area contributed by atoms with E-state index in [0.717, 1.165) is 21.2 Å². The molecule has 1 heterocycles. The zero-order valence-corrected chi connectivity index (χ0v) is 15.8. The van der Waals surface area contributed by atoms with E-state index in [2.05, 4.69) is 5.10 Å². The molecular formula is C18H16N2OS3. The highest BCUT2D eigenvalue weighted by atomic mass is 32.2. The average molecular weight is 373 g/mol. The highest BCUT2D eigenvalue weighted by Crippen LogP contribution is 2.29. The molecule has 3 aromatic rings. The molecule has 0 N–H and O–H groups in total. The molecule has 0 radical (unpaired) electrons. The maximum absolute atomic E-state index is 12.5. The topological polar surface area (TPSA) is 34.9 Å². The van der Waals surface area contributed by atoms with Crippen molar-refractivity contribution in [3.8, 4) is 5.69 Å². The number of aromatic nitrogens is 2. The number of aryl methyl sites for hydroxylation is 1. The van der Waals surface area contributed by atoms with Gasteiger partial charge in [0.05, 0.1) is 10.9 Å². The van der Waals surface area contributed by atoms with Crippen molar-refractivity contribution in [3.05, 3.63) is 69.7 Å². The molecule has 0 aliphatic heterocycles. The number of benzene rings is 2. The van der Waals surface area contributed by atoms with Gasteiger partial charge >= 0.3 is 0 Å². The van der Waals surface area contributed by atoms with E-state index in [1.165, 1.54) is 23.1 Å². The van der Waals surface area contributed by atoms with Gasteiger partial charge < -0.3 is 0 Å². The number of hydrogen-bond acceptors (Lipinski definition) is 5. The molecule has 1 atom stereocenters. The summed E-state index contributed by atoms with van der Waals surface area (Å²) in [5.74, 6) is 0.104. The molecule has 0 saturated heterocycles. The number of Topliss-reactive ketones (excluding diaryl/α,β-unsaturated/α-hetero) is 1. The number of ketones is 1. The lowest BCUT2D eigenvalue weighted by atomic mass is 10.1. The predicted molar refractivity (Wildman–Crippen MR) is 103 cm³/mol. The van der Waals surface area contributed by atoms with Gasteiger partial charge in [0.1, 0.15) is 0 Å². The van der Waals surface area contributed by atoms with Crippen molar-refractivity contribution in [2.24, 2.45) is 0 Å². The third-order valence-electron chi connectivity index (χ3n) is 3.51. The van der Waals surface area contributed by atoms with Crippen molar-refractivity contribution in [2.75, 3.05) is 0 Å². The Labute approximate surface area is 154 Å². The van der Waals surface area contributed by atoms with Crippen LogP contribution in [0.1, 0.15) is 22.8 Å². The molecule has 6 heteroatoms. The van der Waals surface area contributed by atoms with E-state index in [-0.39, 0.29) is 11.0 Å². The molecule has 2 aromatic carbocycles. The summed E-state index contributed by atoms with van der Waals surface area (Å²) in [6.07, 6.45) is 0. The summed E-state index contributed by atoms with van der Waals surface area (Å²) in [6.45, 7) is 3.92. The lowest BCUT2D eigenvalue weighted by molar-refractivity contribution is 0.0994. The van der Waals surface area contributed by atoms with Gasteiger partial charge in [-0.15, -0.1) is 5.10 Å². The van der Waals surface area contributed by atoms with Gasteiger partial charge in [-0.1, -0.05) is 71.1 Å². The predicted octanol–water partition coefficient (Wildman–Crippen LogP) is 5.34. The fraction of sp³-hybridized carbons (Fsp3) is 0.167. The first kappa shape index (κ1) is 17.1. The maximum Gasteiger partial charge on any atom is 0.184 e. The molecule has 0 aliphatic rings. The van der Waals surface area contributed by atoms with Crippen LogP contribution in [0.2, 0.25) is 0 Å². The highest BCUT2D eigenvalue weighted by molar-refractivity contribution is 8.02. The van der Waals surface area contributed by atoms with Crippen LogP contribution < -0.4 is 0 Å². The number of nitrogens with zero attached hydrogens (tertiary/aromatic N) is 2. The van der Waals surface area contributed by atoms with Gasteiger partial charge in [0.15, 0.2) is 14.1 Å². The van der Waals surface area contributed by atoms with Crippen LogP contribution in [0.15, 0.2) is 58.9 Å². The van der Waals surface area contributed by atoms with Crippen molar-refractivity contribution in [3.63, 3.8) is 0 Å². The van der Waals surface area contributed by atoms with Crippen LogP contribution in [-0.2, 0) is 0 Å². The third-order valence-corrected chi connectivity index (χ3v) is 5.93. The summed E-state index contributed by atoms with van der Waals surface area (Å²) < 4.78 is 3.22. The van der Waals surface area contributed by atoms with Crippen molar-refractivity contribution >= 4 is 41.1 Å². The number of para-hydroxylation sites is 1. The van der Waals surface area contributed by atoms with Crippen LogP contribution in [0, 0.1) is 10.9 Å². The van der Waals surface area contributed by atoms with Crippen molar-refractivity contribution in [2.45, 2.75) is 23.4 Å². The summed E-state index contributed by atoms with van der Waals surface area (Å²) >= 11 is 8.28. The lowest BCUT2D eigenvalue weighted by Crippen LogP contribution is -2.13. The fourth-order valence-corrected chi connectivity index (χ4v) is 4.78. The Kier molecular flexibility index (Phi) is 5.28. The number of carbonyl (C=O) groups is 1. The summed E-state index contributed by atoms with van der Waals surface area (Å²) in [4.78, 5) is 12.5. The molecule has 0 spiro atoms. The molecule has 24 heavy (non-hydrogen) atoms. The quantitative estimate of drug-likeness (QED) is 0.344. The minimum atomic E-state index is -0.211. The van der Waals surface area contributed by atoms with Crippen LogP contribution in [0.5, 0.6) is 0 Å². The van der Waals surface area contributed by atoms with Crippen molar-refractivity contribution < 1.29 is 4.79 Å². The average Bonchev–Trinajstić information content (AvgIpc) is 2.96. The lowest BCUT2D eigenvalue weighted by Gasteiger charge is -2.08. The summed E-state index contributed by atoms with van der Waals surface area (Å²) in [5.41, 5.74) is 2.81. The SMILES string of the molecule is Cc1ccc(C(=O)[C@H](C)Sc2nn(-c3ccccc3)c(=S)s2)cc1. The zero-order valence-electron chi connectivity index (χ0n) is 13.3. The molecule has 3 nitrogen and oxygen atoms in total. The van der Waals surface area contributed by atoms with Crippen molar-refractivity contribution in [1.82, 2.24) is 9.78 Å². The molecule has 1 aromatic heterocycles. The zero-order chi connectivity index (χ0) is 17.1. The second-order valence-electron chi connectivity index (χ2n) is 5.37. The number of rotatable bonds is 5. The summed E-state index contributed by atoms with van der Waals surface area (Å²) in [7, 11) is 0. The Hall–Kier alpha value is -1.76. The molecule has 0 unspecified atom stereocenters. The molecule has 0 saturated carbocycles. The normalized spacial score (nSPS) is 12.1. The first-order chi connectivity index (χ1) is 11.5. The number of thioether (sulfide) groups is 1. The Morgan fingerprint density at radius 3 is 2.50 bits per heavy atom. The van der Waals surface area contributed by atoms with Gasteiger partial charge in [0.2, 0.25) is 0 Å². The summed E-state index contributed by atoms with van der Waals surface area (Å²) in [5, 5.41) is 4.34. The van der Waals surface area contributed by atoms with Crippen LogP contribution >= 0.6 is 35.3 Å². The third kappa shape index (κ3) is 3.83. The van der Waals surface area contributed by atoms with Gasteiger partial charge in [-0.2, -0.15) is 0 Å². The largest absolute Gasteiger partial charge is 0.293 e. The fourth-order valence-electron chi connectivity index (χ4n) is 2.20. The van der Waals surface area contributed by atoms with E-state index >= 15 is 0 Å². The maximum atomic E-state index is 12.5. The monoisotopic (exact) mass is 372 g/mol. The van der Waals surface area contributed by atoms with Crippen LogP contribution in [0.4, 0.5) is 0 Å². The molecule has 0 amide bonds. The minimum Gasteiger partial charge on any atom is -0.293 e. The van der Waals surface area contributed by atoms with Gasteiger partial charge in [-0.05, 0) is 38.2 Å². The molecule has 122 valence electrons. The van der Waals surface area contributed by atoms with Gasteiger partial charge in [0, 0.05) is 5.56 Å². The molecular weight excluding hydrogens is 356 g/mol. The minimum absolute atomic E-state index is 0.104. The highest BCUT2D eigenvalue weighted by Gasteiger charge is 2.19. The Bertz CT molecular complexity index is 898. The Morgan fingerprint density at radius 1 is 1.17 bits per heavy atom. The van der Waals surface area contributed by atoms with Crippen LogP contribution in [-0.4, -0.2) is 20.8 Å². The molecule has 0 bridgehead atoms. The van der Waals surface area contributed by atoms with Gasteiger partial charge in [-0.3, -0.25) is 4.79 Å². The second-order valence-corrected chi connectivity index (χ2v) is 8.58. The molecule has 0 aliphatic carbocycles.